The number of carbonyl (C=O) groups is 2. The van der Waals surface area contributed by atoms with Crippen LogP contribution in [-0.2, 0) is 17.6 Å². The number of urea groups is 1. The summed E-state index contributed by atoms with van der Waals surface area (Å²) in [4.78, 5) is 27.7. The maximum atomic E-state index is 13.0. The summed E-state index contributed by atoms with van der Waals surface area (Å²) in [6.07, 6.45) is 4.01. The molecule has 0 saturated carbocycles. The van der Waals surface area contributed by atoms with Gasteiger partial charge in [-0.15, -0.1) is 0 Å². The van der Waals surface area contributed by atoms with E-state index in [-0.39, 0.29) is 12.5 Å². The zero-order valence-electron chi connectivity index (χ0n) is 19.6. The van der Waals surface area contributed by atoms with Gasteiger partial charge in [0.2, 0.25) is 0 Å². The van der Waals surface area contributed by atoms with Gasteiger partial charge in [0.05, 0.1) is 6.42 Å². The molecule has 2 amide bonds. The molecule has 3 aromatic rings. The van der Waals surface area contributed by atoms with Crippen LogP contribution >= 0.6 is 11.8 Å². The van der Waals surface area contributed by atoms with Crippen LogP contribution in [0.2, 0.25) is 0 Å². The standard InChI is InChI=1S/C28H32N2O3S/c1-2-3-7-19-29-28(33)30(20-18-22-8-5-4-6-9-22)24-12-16-26(17-13-24)34-25-14-10-23(11-15-25)21-27(31)32/h4-6,8-17H,2-3,7,18-21H2,1H3,(H,29,33)(H,31,32). The predicted octanol–water partition coefficient (Wildman–Crippen LogP) is 6.41. The topological polar surface area (TPSA) is 69.6 Å². The maximum Gasteiger partial charge on any atom is 0.321 e. The number of unbranched alkanes of at least 4 members (excludes halogenated alkanes) is 2. The van der Waals surface area contributed by atoms with Crippen molar-refractivity contribution >= 4 is 29.4 Å². The van der Waals surface area contributed by atoms with Crippen molar-refractivity contribution < 1.29 is 14.7 Å². The highest BCUT2D eigenvalue weighted by Gasteiger charge is 2.15. The molecule has 0 spiro atoms. The molecule has 0 aromatic heterocycles. The van der Waals surface area contributed by atoms with Gasteiger partial charge >= 0.3 is 12.0 Å². The third kappa shape index (κ3) is 8.27. The van der Waals surface area contributed by atoms with Gasteiger partial charge in [0.25, 0.3) is 0 Å². The van der Waals surface area contributed by atoms with Gasteiger partial charge in [-0.2, -0.15) is 0 Å². The lowest BCUT2D eigenvalue weighted by molar-refractivity contribution is -0.136. The lowest BCUT2D eigenvalue weighted by Crippen LogP contribution is -2.41. The number of hydrogen-bond acceptors (Lipinski definition) is 3. The second-order valence-electron chi connectivity index (χ2n) is 8.14. The molecule has 0 saturated heterocycles. The summed E-state index contributed by atoms with van der Waals surface area (Å²) < 4.78 is 0. The third-order valence-corrected chi connectivity index (χ3v) is 6.45. The van der Waals surface area contributed by atoms with Gasteiger partial charge in [0, 0.05) is 28.6 Å². The van der Waals surface area contributed by atoms with E-state index in [2.05, 4.69) is 24.4 Å². The summed E-state index contributed by atoms with van der Waals surface area (Å²) in [6, 6.07) is 25.7. The highest BCUT2D eigenvalue weighted by molar-refractivity contribution is 7.99. The number of carbonyl (C=O) groups excluding carboxylic acids is 1. The molecule has 0 aliphatic carbocycles. The number of benzene rings is 3. The summed E-state index contributed by atoms with van der Waals surface area (Å²) in [5, 5.41) is 12.0. The fourth-order valence-electron chi connectivity index (χ4n) is 3.58. The second-order valence-corrected chi connectivity index (χ2v) is 9.28. The van der Waals surface area contributed by atoms with Crippen LogP contribution < -0.4 is 10.2 Å². The number of nitrogens with one attached hydrogen (secondary N) is 1. The summed E-state index contributed by atoms with van der Waals surface area (Å²) in [5.41, 5.74) is 2.85. The minimum absolute atomic E-state index is 0.0268. The molecule has 0 aliphatic rings. The Hall–Kier alpha value is -3.25. The first-order chi connectivity index (χ1) is 16.5. The second kappa shape index (κ2) is 13.5. The average molecular weight is 477 g/mol. The van der Waals surface area contributed by atoms with E-state index in [9.17, 15) is 9.59 Å². The number of rotatable bonds is 12. The van der Waals surface area contributed by atoms with E-state index in [0.29, 0.717) is 13.1 Å². The molecule has 0 bridgehead atoms. The highest BCUT2D eigenvalue weighted by Crippen LogP contribution is 2.29. The zero-order valence-corrected chi connectivity index (χ0v) is 20.4. The van der Waals surface area contributed by atoms with Crippen LogP contribution in [0.1, 0.15) is 37.3 Å². The van der Waals surface area contributed by atoms with E-state index in [1.165, 1.54) is 5.56 Å². The molecule has 178 valence electrons. The third-order valence-electron chi connectivity index (χ3n) is 5.43. The van der Waals surface area contributed by atoms with Crippen LogP contribution in [0.5, 0.6) is 0 Å². The molecule has 3 aromatic carbocycles. The highest BCUT2D eigenvalue weighted by atomic mass is 32.2. The van der Waals surface area contributed by atoms with Crippen LogP contribution in [0.4, 0.5) is 10.5 Å². The molecule has 0 radical (unpaired) electrons. The quantitative estimate of drug-likeness (QED) is 0.296. The van der Waals surface area contributed by atoms with Crippen molar-refractivity contribution in [3.8, 4) is 0 Å². The molecule has 0 unspecified atom stereocenters. The van der Waals surface area contributed by atoms with Crippen LogP contribution in [-0.4, -0.2) is 30.2 Å². The Morgan fingerprint density at radius 1 is 0.853 bits per heavy atom. The van der Waals surface area contributed by atoms with Crippen molar-refractivity contribution in [2.75, 3.05) is 18.0 Å². The lowest BCUT2D eigenvalue weighted by atomic mass is 10.1. The SMILES string of the molecule is CCCCCNC(=O)N(CCc1ccccc1)c1ccc(Sc2ccc(CC(=O)O)cc2)cc1. The molecular formula is C28H32N2O3S. The smallest absolute Gasteiger partial charge is 0.321 e. The Bertz CT molecular complexity index is 1040. The van der Waals surface area contributed by atoms with Crippen molar-refractivity contribution in [2.45, 2.75) is 48.8 Å². The first kappa shape index (κ1) is 25.4. The lowest BCUT2D eigenvalue weighted by Gasteiger charge is -2.24. The van der Waals surface area contributed by atoms with E-state index < -0.39 is 5.97 Å². The molecule has 0 fully saturated rings. The Morgan fingerprint density at radius 3 is 2.12 bits per heavy atom. The number of nitrogens with zero attached hydrogens (tertiary/aromatic N) is 1. The Morgan fingerprint density at radius 2 is 1.50 bits per heavy atom. The van der Waals surface area contributed by atoms with E-state index in [0.717, 1.165) is 46.7 Å². The zero-order chi connectivity index (χ0) is 24.2. The van der Waals surface area contributed by atoms with Gasteiger partial charge in [-0.1, -0.05) is 74.0 Å². The van der Waals surface area contributed by atoms with Gasteiger partial charge in [-0.25, -0.2) is 4.79 Å². The van der Waals surface area contributed by atoms with Gasteiger partial charge in [0.15, 0.2) is 0 Å². The summed E-state index contributed by atoms with van der Waals surface area (Å²) in [5.74, 6) is -0.831. The largest absolute Gasteiger partial charge is 0.481 e. The molecule has 0 atom stereocenters. The van der Waals surface area contributed by atoms with E-state index >= 15 is 0 Å². The average Bonchev–Trinajstić information content (AvgIpc) is 2.84. The minimum Gasteiger partial charge on any atom is -0.481 e. The Balaban J connectivity index is 1.67. The van der Waals surface area contributed by atoms with Gasteiger partial charge in [-0.05, 0) is 60.4 Å². The van der Waals surface area contributed by atoms with Crippen LogP contribution in [0, 0.1) is 0 Å². The monoisotopic (exact) mass is 476 g/mol. The van der Waals surface area contributed by atoms with Crippen molar-refractivity contribution in [3.05, 3.63) is 90.0 Å². The normalized spacial score (nSPS) is 10.6. The van der Waals surface area contributed by atoms with Crippen molar-refractivity contribution in [1.82, 2.24) is 5.32 Å². The first-order valence-electron chi connectivity index (χ1n) is 11.7. The maximum absolute atomic E-state index is 13.0. The molecular weight excluding hydrogens is 444 g/mol. The molecule has 5 nitrogen and oxygen atoms in total. The number of carboxylic acids is 1. The molecule has 3 rings (SSSR count). The number of carboxylic acid groups (broad SMARTS) is 1. The number of hydrogen-bond donors (Lipinski definition) is 2. The van der Waals surface area contributed by atoms with Crippen LogP contribution in [0.25, 0.3) is 0 Å². The fraction of sp³-hybridized carbons (Fsp3) is 0.286. The number of anilines is 1. The predicted molar refractivity (Wildman–Crippen MR) is 139 cm³/mol. The van der Waals surface area contributed by atoms with Crippen LogP contribution in [0.15, 0.2) is 88.7 Å². The molecule has 2 N–H and O–H groups in total. The van der Waals surface area contributed by atoms with Gasteiger partial charge in [0.1, 0.15) is 0 Å². The van der Waals surface area contributed by atoms with E-state index in [1.54, 1.807) is 11.8 Å². The minimum atomic E-state index is -0.831. The summed E-state index contributed by atoms with van der Waals surface area (Å²) >= 11 is 1.61. The Labute approximate surface area is 206 Å². The van der Waals surface area contributed by atoms with E-state index in [4.69, 9.17) is 5.11 Å². The molecule has 6 heteroatoms. The Kier molecular flexibility index (Phi) is 10.0. The summed E-state index contributed by atoms with van der Waals surface area (Å²) in [7, 11) is 0. The number of aliphatic carboxylic acids is 1. The molecule has 0 heterocycles. The van der Waals surface area contributed by atoms with Crippen molar-refractivity contribution in [1.29, 1.82) is 0 Å². The first-order valence-corrected chi connectivity index (χ1v) is 12.5. The van der Waals surface area contributed by atoms with Crippen LogP contribution in [0.3, 0.4) is 0 Å². The molecule has 34 heavy (non-hydrogen) atoms. The van der Waals surface area contributed by atoms with Crippen molar-refractivity contribution in [2.24, 2.45) is 0 Å². The number of amides is 2. The fourth-order valence-corrected chi connectivity index (χ4v) is 4.40. The van der Waals surface area contributed by atoms with Crippen molar-refractivity contribution in [3.63, 3.8) is 0 Å². The van der Waals surface area contributed by atoms with E-state index in [1.807, 2.05) is 71.6 Å². The van der Waals surface area contributed by atoms with Gasteiger partial charge < -0.3 is 10.4 Å². The molecule has 0 aliphatic heterocycles. The van der Waals surface area contributed by atoms with Gasteiger partial charge in [-0.3, -0.25) is 9.69 Å². The summed E-state index contributed by atoms with van der Waals surface area (Å²) in [6.45, 7) is 3.43.